The molecular formula is C11H23NO2. The number of hydrogen-bond donors (Lipinski definition) is 1. The predicted molar refractivity (Wildman–Crippen MR) is 57.2 cm³/mol. The second kappa shape index (κ2) is 5.69. The second-order valence-electron chi connectivity index (χ2n) is 4.03. The van der Waals surface area contributed by atoms with Gasteiger partial charge in [-0.05, 0) is 25.9 Å². The molecule has 1 N–H and O–H groups in total. The van der Waals surface area contributed by atoms with E-state index >= 15 is 0 Å². The molecule has 1 heterocycles. The van der Waals surface area contributed by atoms with Crippen molar-refractivity contribution in [2.75, 3.05) is 26.2 Å². The number of hydrogen-bond acceptors (Lipinski definition) is 3. The fraction of sp³-hybridized carbons (Fsp3) is 1.00. The summed E-state index contributed by atoms with van der Waals surface area (Å²) in [5, 5.41) is 10.1. The van der Waals surface area contributed by atoms with Crippen LogP contribution < -0.4 is 0 Å². The van der Waals surface area contributed by atoms with Crippen LogP contribution in [-0.4, -0.2) is 42.0 Å². The molecule has 0 amide bonds. The highest BCUT2D eigenvalue weighted by molar-refractivity contribution is 4.73. The molecule has 0 aromatic heterocycles. The molecule has 0 aromatic carbocycles. The minimum Gasteiger partial charge on any atom is -0.365 e. The van der Waals surface area contributed by atoms with Gasteiger partial charge in [-0.3, -0.25) is 0 Å². The zero-order valence-corrected chi connectivity index (χ0v) is 9.46. The van der Waals surface area contributed by atoms with Gasteiger partial charge in [0.1, 0.15) is 0 Å². The van der Waals surface area contributed by atoms with E-state index in [-0.39, 0.29) is 0 Å². The van der Waals surface area contributed by atoms with E-state index < -0.39 is 5.79 Å². The predicted octanol–water partition coefficient (Wildman–Crippen LogP) is 1.61. The van der Waals surface area contributed by atoms with Gasteiger partial charge in [0.25, 0.3) is 0 Å². The van der Waals surface area contributed by atoms with E-state index in [2.05, 4.69) is 18.7 Å². The Morgan fingerprint density at radius 3 is 2.50 bits per heavy atom. The second-order valence-corrected chi connectivity index (χ2v) is 4.03. The van der Waals surface area contributed by atoms with Crippen LogP contribution in [0.25, 0.3) is 0 Å². The van der Waals surface area contributed by atoms with Crippen molar-refractivity contribution in [3.63, 3.8) is 0 Å². The molecule has 0 spiro atoms. The van der Waals surface area contributed by atoms with Gasteiger partial charge in [-0.2, -0.15) is 0 Å². The fourth-order valence-corrected chi connectivity index (χ4v) is 1.91. The van der Waals surface area contributed by atoms with Crippen LogP contribution in [-0.2, 0) is 4.74 Å². The molecule has 0 aromatic rings. The van der Waals surface area contributed by atoms with Crippen LogP contribution in [0.3, 0.4) is 0 Å². The maximum absolute atomic E-state index is 10.1. The maximum Gasteiger partial charge on any atom is 0.166 e. The highest BCUT2D eigenvalue weighted by atomic mass is 16.6. The summed E-state index contributed by atoms with van der Waals surface area (Å²) in [6.45, 7) is 8.04. The lowest BCUT2D eigenvalue weighted by Crippen LogP contribution is -2.40. The summed E-state index contributed by atoms with van der Waals surface area (Å²) < 4.78 is 5.43. The average molecular weight is 201 g/mol. The van der Waals surface area contributed by atoms with Crippen molar-refractivity contribution in [3.8, 4) is 0 Å². The van der Waals surface area contributed by atoms with Crippen LogP contribution in [0.4, 0.5) is 0 Å². The van der Waals surface area contributed by atoms with E-state index in [4.69, 9.17) is 4.74 Å². The molecule has 84 valence electrons. The van der Waals surface area contributed by atoms with Crippen molar-refractivity contribution in [1.82, 2.24) is 4.90 Å². The molecule has 1 unspecified atom stereocenters. The molecule has 0 saturated carbocycles. The quantitative estimate of drug-likeness (QED) is 0.733. The molecule has 1 fully saturated rings. The van der Waals surface area contributed by atoms with E-state index in [0.29, 0.717) is 0 Å². The number of nitrogens with zero attached hydrogens (tertiary/aromatic N) is 1. The summed E-state index contributed by atoms with van der Waals surface area (Å²) >= 11 is 0. The Morgan fingerprint density at radius 1 is 1.29 bits per heavy atom. The van der Waals surface area contributed by atoms with Gasteiger partial charge in [0.15, 0.2) is 5.79 Å². The first-order valence-electron chi connectivity index (χ1n) is 5.79. The molecule has 0 bridgehead atoms. The van der Waals surface area contributed by atoms with Crippen LogP contribution in [0.15, 0.2) is 0 Å². The van der Waals surface area contributed by atoms with Gasteiger partial charge in [0.05, 0.1) is 6.61 Å². The molecule has 3 heteroatoms. The van der Waals surface area contributed by atoms with Crippen molar-refractivity contribution in [3.05, 3.63) is 0 Å². The minimum atomic E-state index is -0.832. The first-order valence-corrected chi connectivity index (χ1v) is 5.79. The third-order valence-corrected chi connectivity index (χ3v) is 3.05. The van der Waals surface area contributed by atoms with Gasteiger partial charge in [-0.25, -0.2) is 0 Å². The summed E-state index contributed by atoms with van der Waals surface area (Å²) in [4.78, 5) is 2.32. The Balaban J connectivity index is 2.27. The lowest BCUT2D eigenvalue weighted by atomic mass is 10.0. The van der Waals surface area contributed by atoms with Gasteiger partial charge in [0, 0.05) is 19.4 Å². The Morgan fingerprint density at radius 2 is 2.00 bits per heavy atom. The molecule has 1 saturated heterocycles. The SMILES string of the molecule is CCN(CC)CCC1(O)CCCCO1. The van der Waals surface area contributed by atoms with E-state index in [0.717, 1.165) is 51.9 Å². The van der Waals surface area contributed by atoms with E-state index in [9.17, 15) is 5.11 Å². The number of aliphatic hydroxyl groups is 1. The Hall–Kier alpha value is -0.120. The zero-order valence-electron chi connectivity index (χ0n) is 9.46. The van der Waals surface area contributed by atoms with Gasteiger partial charge >= 0.3 is 0 Å². The number of ether oxygens (including phenoxy) is 1. The first-order chi connectivity index (χ1) is 6.70. The van der Waals surface area contributed by atoms with Gasteiger partial charge in [-0.1, -0.05) is 13.8 Å². The highest BCUT2D eigenvalue weighted by Crippen LogP contribution is 2.25. The molecular weight excluding hydrogens is 178 g/mol. The lowest BCUT2D eigenvalue weighted by molar-refractivity contribution is -0.229. The monoisotopic (exact) mass is 201 g/mol. The van der Waals surface area contributed by atoms with Crippen molar-refractivity contribution >= 4 is 0 Å². The molecule has 0 aliphatic carbocycles. The van der Waals surface area contributed by atoms with E-state index in [1.165, 1.54) is 0 Å². The van der Waals surface area contributed by atoms with Crippen molar-refractivity contribution in [1.29, 1.82) is 0 Å². The van der Waals surface area contributed by atoms with Crippen molar-refractivity contribution in [2.24, 2.45) is 0 Å². The molecule has 0 radical (unpaired) electrons. The number of rotatable bonds is 5. The Labute approximate surface area is 87.1 Å². The Kier molecular flexibility index (Phi) is 4.85. The largest absolute Gasteiger partial charge is 0.365 e. The smallest absolute Gasteiger partial charge is 0.166 e. The van der Waals surface area contributed by atoms with Crippen LogP contribution >= 0.6 is 0 Å². The van der Waals surface area contributed by atoms with Crippen LogP contribution in [0.5, 0.6) is 0 Å². The molecule has 1 aliphatic rings. The van der Waals surface area contributed by atoms with Gasteiger partial charge < -0.3 is 14.7 Å². The first kappa shape index (κ1) is 12.0. The molecule has 14 heavy (non-hydrogen) atoms. The third kappa shape index (κ3) is 3.56. The van der Waals surface area contributed by atoms with Gasteiger partial charge in [-0.15, -0.1) is 0 Å². The lowest BCUT2D eigenvalue weighted by Gasteiger charge is -2.33. The highest BCUT2D eigenvalue weighted by Gasteiger charge is 2.30. The van der Waals surface area contributed by atoms with Crippen molar-refractivity contribution in [2.45, 2.75) is 45.3 Å². The summed E-state index contributed by atoms with van der Waals surface area (Å²) in [6.07, 6.45) is 3.73. The van der Waals surface area contributed by atoms with Crippen LogP contribution in [0.2, 0.25) is 0 Å². The van der Waals surface area contributed by atoms with E-state index in [1.807, 2.05) is 0 Å². The fourth-order valence-electron chi connectivity index (χ4n) is 1.91. The maximum atomic E-state index is 10.1. The summed E-state index contributed by atoms with van der Waals surface area (Å²) in [5.41, 5.74) is 0. The molecule has 1 aliphatic heterocycles. The summed E-state index contributed by atoms with van der Waals surface area (Å²) in [6, 6.07) is 0. The topological polar surface area (TPSA) is 32.7 Å². The van der Waals surface area contributed by atoms with Crippen LogP contribution in [0.1, 0.15) is 39.5 Å². The zero-order chi connectivity index (χ0) is 10.4. The molecule has 1 rings (SSSR count). The van der Waals surface area contributed by atoms with Crippen LogP contribution in [0, 0.1) is 0 Å². The summed E-state index contributed by atoms with van der Waals surface area (Å²) in [5.74, 6) is -0.832. The molecule has 3 nitrogen and oxygen atoms in total. The Bertz CT molecular complexity index is 151. The normalized spacial score (nSPS) is 28.3. The molecule has 1 atom stereocenters. The van der Waals surface area contributed by atoms with Gasteiger partial charge in [0.2, 0.25) is 0 Å². The standard InChI is InChI=1S/C11H23NO2/c1-3-12(4-2)9-8-11(13)7-5-6-10-14-11/h13H,3-10H2,1-2H3. The third-order valence-electron chi connectivity index (χ3n) is 3.05. The van der Waals surface area contributed by atoms with Crippen molar-refractivity contribution < 1.29 is 9.84 Å². The summed E-state index contributed by atoms with van der Waals surface area (Å²) in [7, 11) is 0. The van der Waals surface area contributed by atoms with E-state index in [1.54, 1.807) is 0 Å². The average Bonchev–Trinajstić information content (AvgIpc) is 2.20. The minimum absolute atomic E-state index is 0.717.